The average Bonchev–Trinajstić information content (AvgIpc) is 2.27. The molecule has 18 heavy (non-hydrogen) atoms. The molecule has 0 aliphatic rings. The van der Waals surface area contributed by atoms with E-state index in [1.54, 1.807) is 11.8 Å². The predicted octanol–water partition coefficient (Wildman–Crippen LogP) is 3.01. The summed E-state index contributed by atoms with van der Waals surface area (Å²) in [5.41, 5.74) is 0. The first-order valence-electron chi connectivity index (χ1n) is 5.37. The Bertz CT molecular complexity index is 508. The molecule has 1 atom stereocenters. The van der Waals surface area contributed by atoms with Crippen LogP contribution in [0.15, 0.2) is 27.6 Å². The van der Waals surface area contributed by atoms with E-state index >= 15 is 0 Å². The predicted molar refractivity (Wildman–Crippen MR) is 76.9 cm³/mol. The van der Waals surface area contributed by atoms with Gasteiger partial charge in [0.1, 0.15) is 5.82 Å². The highest BCUT2D eigenvalue weighted by molar-refractivity contribution is 9.10. The van der Waals surface area contributed by atoms with Crippen molar-refractivity contribution >= 4 is 37.7 Å². The standard InChI is InChI=1S/C11H15BrFNO2S2/c1-3-9(7-17-2)14-18(15,16)11-5-4-8(13)6-10(11)12/h4-6,9,14H,3,7H2,1-2H3. The van der Waals surface area contributed by atoms with E-state index in [4.69, 9.17) is 0 Å². The summed E-state index contributed by atoms with van der Waals surface area (Å²) in [6.07, 6.45) is 2.63. The molecule has 0 aliphatic heterocycles. The number of hydrogen-bond acceptors (Lipinski definition) is 3. The summed E-state index contributed by atoms with van der Waals surface area (Å²) < 4.78 is 40.1. The second kappa shape index (κ2) is 6.88. The van der Waals surface area contributed by atoms with Gasteiger partial charge in [-0.25, -0.2) is 17.5 Å². The van der Waals surface area contributed by atoms with Crippen LogP contribution >= 0.6 is 27.7 Å². The van der Waals surface area contributed by atoms with Crippen LogP contribution in [-0.2, 0) is 10.0 Å². The van der Waals surface area contributed by atoms with Crippen LogP contribution in [0.5, 0.6) is 0 Å². The lowest BCUT2D eigenvalue weighted by Crippen LogP contribution is -2.36. The quantitative estimate of drug-likeness (QED) is 0.852. The third-order valence-corrected chi connectivity index (χ3v) is 5.60. The summed E-state index contributed by atoms with van der Waals surface area (Å²) in [5.74, 6) is 0.228. The maximum absolute atomic E-state index is 12.9. The molecular weight excluding hydrogens is 341 g/mol. The van der Waals surface area contributed by atoms with Crippen LogP contribution in [0, 0.1) is 5.82 Å². The van der Waals surface area contributed by atoms with E-state index in [0.29, 0.717) is 12.2 Å². The Morgan fingerprint density at radius 3 is 2.67 bits per heavy atom. The third kappa shape index (κ3) is 4.22. The van der Waals surface area contributed by atoms with Gasteiger partial charge < -0.3 is 0 Å². The highest BCUT2D eigenvalue weighted by Crippen LogP contribution is 2.23. The van der Waals surface area contributed by atoms with Gasteiger partial charge in [-0.3, -0.25) is 0 Å². The lowest BCUT2D eigenvalue weighted by molar-refractivity contribution is 0.557. The third-order valence-electron chi connectivity index (χ3n) is 2.37. The monoisotopic (exact) mass is 355 g/mol. The Hall–Kier alpha value is -0.110. The van der Waals surface area contributed by atoms with E-state index < -0.39 is 15.8 Å². The topological polar surface area (TPSA) is 46.2 Å². The lowest BCUT2D eigenvalue weighted by Gasteiger charge is -2.16. The van der Waals surface area contributed by atoms with E-state index in [2.05, 4.69) is 20.7 Å². The summed E-state index contributed by atoms with van der Waals surface area (Å²) in [4.78, 5) is 0.0588. The normalized spacial score (nSPS) is 13.6. The van der Waals surface area contributed by atoms with Crippen LogP contribution in [-0.4, -0.2) is 26.5 Å². The van der Waals surface area contributed by atoms with Crippen LogP contribution in [0.2, 0.25) is 0 Å². The molecule has 1 aromatic carbocycles. The highest BCUT2D eigenvalue weighted by Gasteiger charge is 2.21. The number of halogens is 2. The first kappa shape index (κ1) is 15.9. The van der Waals surface area contributed by atoms with Gasteiger partial charge in [0.05, 0.1) is 4.90 Å². The van der Waals surface area contributed by atoms with Crippen molar-refractivity contribution in [3.8, 4) is 0 Å². The molecule has 0 bridgehead atoms. The van der Waals surface area contributed by atoms with Crippen molar-refractivity contribution in [2.75, 3.05) is 12.0 Å². The fourth-order valence-corrected chi connectivity index (χ4v) is 4.61. The lowest BCUT2D eigenvalue weighted by atomic mass is 10.3. The van der Waals surface area contributed by atoms with Crippen LogP contribution in [0.1, 0.15) is 13.3 Å². The molecule has 0 fully saturated rings. The molecule has 3 nitrogen and oxygen atoms in total. The van der Waals surface area contributed by atoms with Gasteiger partial charge in [-0.1, -0.05) is 6.92 Å². The zero-order chi connectivity index (χ0) is 13.8. The Morgan fingerprint density at radius 2 is 2.17 bits per heavy atom. The molecule has 0 aliphatic carbocycles. The van der Waals surface area contributed by atoms with E-state index in [1.807, 2.05) is 13.2 Å². The van der Waals surface area contributed by atoms with Crippen molar-refractivity contribution in [2.45, 2.75) is 24.3 Å². The Balaban J connectivity index is 2.99. The SMILES string of the molecule is CCC(CSC)NS(=O)(=O)c1ccc(F)cc1Br. The molecule has 0 heterocycles. The summed E-state index contributed by atoms with van der Waals surface area (Å²) in [6, 6.07) is 3.41. The zero-order valence-electron chi connectivity index (χ0n) is 10.1. The first-order chi connectivity index (χ1) is 8.40. The Kier molecular flexibility index (Phi) is 6.10. The molecule has 1 aromatic rings. The molecule has 1 rings (SSSR count). The molecule has 102 valence electrons. The average molecular weight is 356 g/mol. The number of sulfonamides is 1. The molecular formula is C11H15BrFNO2S2. The number of benzene rings is 1. The molecule has 0 saturated carbocycles. The minimum atomic E-state index is -3.62. The van der Waals surface area contributed by atoms with Gasteiger partial charge in [-0.15, -0.1) is 0 Å². The molecule has 0 saturated heterocycles. The van der Waals surface area contributed by atoms with Crippen molar-refractivity contribution in [1.82, 2.24) is 4.72 Å². The molecule has 0 radical (unpaired) electrons. The largest absolute Gasteiger partial charge is 0.241 e. The van der Waals surface area contributed by atoms with Crippen molar-refractivity contribution in [1.29, 1.82) is 0 Å². The van der Waals surface area contributed by atoms with Gasteiger partial charge in [0.25, 0.3) is 0 Å². The van der Waals surface area contributed by atoms with E-state index in [1.165, 1.54) is 6.07 Å². The molecule has 0 aromatic heterocycles. The van der Waals surface area contributed by atoms with Gasteiger partial charge in [-0.2, -0.15) is 11.8 Å². The molecule has 1 unspecified atom stereocenters. The summed E-state index contributed by atoms with van der Waals surface area (Å²) in [6.45, 7) is 1.92. The maximum Gasteiger partial charge on any atom is 0.241 e. The molecule has 1 N–H and O–H groups in total. The Labute approximate surface area is 120 Å². The van der Waals surface area contributed by atoms with Gasteiger partial charge in [0, 0.05) is 16.3 Å². The van der Waals surface area contributed by atoms with E-state index in [0.717, 1.165) is 12.1 Å². The second-order valence-corrected chi connectivity index (χ2v) is 7.20. The van der Waals surface area contributed by atoms with Crippen molar-refractivity contribution in [3.05, 3.63) is 28.5 Å². The first-order valence-corrected chi connectivity index (χ1v) is 9.04. The van der Waals surface area contributed by atoms with Gasteiger partial charge in [0.15, 0.2) is 0 Å². The number of nitrogens with one attached hydrogen (secondary N) is 1. The summed E-state index contributed by atoms with van der Waals surface area (Å²) >= 11 is 4.65. The van der Waals surface area contributed by atoms with E-state index in [-0.39, 0.29) is 15.4 Å². The molecule has 0 amide bonds. The van der Waals surface area contributed by atoms with Gasteiger partial charge >= 0.3 is 0 Å². The molecule has 0 spiro atoms. The van der Waals surface area contributed by atoms with Crippen molar-refractivity contribution in [2.24, 2.45) is 0 Å². The van der Waals surface area contributed by atoms with Crippen LogP contribution < -0.4 is 4.72 Å². The zero-order valence-corrected chi connectivity index (χ0v) is 13.3. The minimum absolute atomic E-state index is 0.0588. The van der Waals surface area contributed by atoms with Crippen LogP contribution in [0.25, 0.3) is 0 Å². The van der Waals surface area contributed by atoms with Crippen LogP contribution in [0.3, 0.4) is 0 Å². The smallest absolute Gasteiger partial charge is 0.207 e. The van der Waals surface area contributed by atoms with Gasteiger partial charge in [0.2, 0.25) is 10.0 Å². The fourth-order valence-electron chi connectivity index (χ4n) is 1.41. The number of thioether (sulfide) groups is 1. The van der Waals surface area contributed by atoms with Crippen LogP contribution in [0.4, 0.5) is 4.39 Å². The van der Waals surface area contributed by atoms with Gasteiger partial charge in [-0.05, 0) is 46.8 Å². The maximum atomic E-state index is 12.9. The number of rotatable bonds is 6. The highest BCUT2D eigenvalue weighted by atomic mass is 79.9. The minimum Gasteiger partial charge on any atom is -0.207 e. The van der Waals surface area contributed by atoms with Crippen molar-refractivity contribution < 1.29 is 12.8 Å². The molecule has 7 heteroatoms. The Morgan fingerprint density at radius 1 is 1.50 bits per heavy atom. The number of hydrogen-bond donors (Lipinski definition) is 1. The summed E-state index contributed by atoms with van der Waals surface area (Å²) in [7, 11) is -3.62. The van der Waals surface area contributed by atoms with E-state index in [9.17, 15) is 12.8 Å². The summed E-state index contributed by atoms with van der Waals surface area (Å²) in [5, 5.41) is 0. The fraction of sp³-hybridized carbons (Fsp3) is 0.455. The second-order valence-electron chi connectivity index (χ2n) is 3.76. The van der Waals surface area contributed by atoms with Crippen molar-refractivity contribution in [3.63, 3.8) is 0 Å².